The molecule has 0 atom stereocenters. The molecule has 1 saturated carbocycles. The normalized spacial score (nSPS) is 16.7. The molecule has 0 unspecified atom stereocenters. The molecule has 1 aliphatic heterocycles. The van der Waals surface area contributed by atoms with E-state index in [9.17, 15) is 4.79 Å². The number of aryl methyl sites for hydroxylation is 1. The number of piperazine rings is 1. The van der Waals surface area contributed by atoms with Gasteiger partial charge in [-0.1, -0.05) is 12.8 Å². The van der Waals surface area contributed by atoms with E-state index >= 15 is 0 Å². The average molecular weight is 563 g/mol. The maximum Gasteiger partial charge on any atom is 0.227 e. The van der Waals surface area contributed by atoms with Gasteiger partial charge in [0.05, 0.1) is 11.4 Å². The molecule has 1 aliphatic carbocycles. The number of rotatable bonds is 10. The first kappa shape index (κ1) is 28.6. The van der Waals surface area contributed by atoms with E-state index in [2.05, 4.69) is 57.3 Å². The quantitative estimate of drug-likeness (QED) is 0.352. The lowest BCUT2D eigenvalue weighted by atomic mass is 10.1. The van der Waals surface area contributed by atoms with Gasteiger partial charge >= 0.3 is 0 Å². The van der Waals surface area contributed by atoms with Crippen molar-refractivity contribution in [3.05, 3.63) is 53.0 Å². The Balaban J connectivity index is 1.32. The summed E-state index contributed by atoms with van der Waals surface area (Å²) in [4.78, 5) is 30.8. The Labute approximate surface area is 242 Å². The molecule has 1 aromatic carbocycles. The number of nitrogens with one attached hydrogen (secondary N) is 2. The molecule has 1 saturated heterocycles. The number of hydrogen-bond donors (Lipinski definition) is 2. The Morgan fingerprint density at radius 1 is 1.07 bits per heavy atom. The van der Waals surface area contributed by atoms with Crippen molar-refractivity contribution in [2.75, 3.05) is 63.6 Å². The number of anilines is 2. The molecule has 2 aromatic heterocycles. The van der Waals surface area contributed by atoms with Crippen LogP contribution in [0.5, 0.6) is 0 Å². The molecule has 2 aliphatic rings. The van der Waals surface area contributed by atoms with Crippen LogP contribution in [0, 0.1) is 19.8 Å². The summed E-state index contributed by atoms with van der Waals surface area (Å²) in [6.45, 7) is 10.3. The van der Waals surface area contributed by atoms with Crippen molar-refractivity contribution in [3.63, 3.8) is 0 Å². The third kappa shape index (κ3) is 7.41. The van der Waals surface area contributed by atoms with E-state index in [1.165, 1.54) is 0 Å². The minimum absolute atomic E-state index is 0.143. The molecule has 2 fully saturated rings. The number of nitrogens with zero attached hydrogens (tertiary/aromatic N) is 6. The van der Waals surface area contributed by atoms with Crippen LogP contribution in [-0.2, 0) is 11.2 Å². The van der Waals surface area contributed by atoms with Gasteiger partial charge in [-0.3, -0.25) is 14.8 Å². The maximum atomic E-state index is 12.5. The average Bonchev–Trinajstić information content (AvgIpc) is 3.63. The number of hydrogen-bond acceptors (Lipinski definition) is 8. The van der Waals surface area contributed by atoms with Crippen LogP contribution in [0.1, 0.15) is 48.3 Å². The van der Waals surface area contributed by atoms with Gasteiger partial charge in [-0.15, -0.1) is 0 Å². The van der Waals surface area contributed by atoms with Gasteiger partial charge in [0.25, 0.3) is 0 Å². The highest BCUT2D eigenvalue weighted by atomic mass is 32.2. The fourth-order valence-electron chi connectivity index (χ4n) is 5.46. The summed E-state index contributed by atoms with van der Waals surface area (Å²) in [6.07, 6.45) is 4.96. The van der Waals surface area contributed by atoms with Gasteiger partial charge in [-0.25, -0.2) is 9.97 Å². The Morgan fingerprint density at radius 2 is 1.80 bits per heavy atom. The summed E-state index contributed by atoms with van der Waals surface area (Å²) in [6, 6.07) is 10.1. The largest absolute Gasteiger partial charge is 0.354 e. The molecular formula is C30H42N8OS. The molecule has 5 rings (SSSR count). The second-order valence-corrected chi connectivity index (χ2v) is 12.4. The Kier molecular flexibility index (Phi) is 9.39. The van der Waals surface area contributed by atoms with E-state index in [0.717, 1.165) is 109 Å². The first-order valence-electron chi connectivity index (χ1n) is 14.4. The minimum atomic E-state index is 0.143. The summed E-state index contributed by atoms with van der Waals surface area (Å²) in [5.41, 5.74) is 5.00. The molecule has 3 heterocycles. The van der Waals surface area contributed by atoms with Crippen LogP contribution in [-0.4, -0.2) is 89.2 Å². The van der Waals surface area contributed by atoms with Crippen molar-refractivity contribution in [3.8, 4) is 0 Å². The highest BCUT2D eigenvalue weighted by Gasteiger charge is 2.24. The van der Waals surface area contributed by atoms with Gasteiger partial charge in [-0.05, 0) is 82.9 Å². The van der Waals surface area contributed by atoms with Gasteiger partial charge in [0, 0.05) is 73.4 Å². The molecule has 40 heavy (non-hydrogen) atoms. The SMILES string of the molecule is Cc1cc(Cc2nc(Sc3ccc(NC(=O)C4CCCC4)cc3)nc(N3CCN(CCN(C)C)CC3)c2C)n[nH]1. The standard InChI is InChI=1S/C30H42N8OS/c1-21-19-25(35-34-21)20-27-22(2)28(38-17-15-37(16-18-38)14-13-36(3)4)33-30(32-27)40-26-11-9-24(10-12-26)31-29(39)23-7-5-6-8-23/h9-12,19,23H,5-8,13-18,20H2,1-4H3,(H,31,39)(H,34,35). The molecule has 2 N–H and O–H groups in total. The number of amides is 1. The molecular weight excluding hydrogens is 520 g/mol. The molecule has 3 aromatic rings. The van der Waals surface area contributed by atoms with E-state index in [1.807, 2.05) is 31.2 Å². The van der Waals surface area contributed by atoms with Crippen LogP contribution in [0.4, 0.5) is 11.5 Å². The number of aromatic nitrogens is 4. The van der Waals surface area contributed by atoms with Crippen molar-refractivity contribution >= 4 is 29.2 Å². The zero-order valence-corrected chi connectivity index (χ0v) is 25.1. The van der Waals surface area contributed by atoms with Gasteiger partial charge < -0.3 is 15.1 Å². The molecule has 0 radical (unpaired) electrons. The van der Waals surface area contributed by atoms with Crippen LogP contribution in [0.25, 0.3) is 0 Å². The van der Waals surface area contributed by atoms with Crippen LogP contribution in [0.3, 0.4) is 0 Å². The molecule has 9 nitrogen and oxygen atoms in total. The van der Waals surface area contributed by atoms with Gasteiger partial charge in [0.1, 0.15) is 5.82 Å². The topological polar surface area (TPSA) is 93.3 Å². The minimum Gasteiger partial charge on any atom is -0.354 e. The summed E-state index contributed by atoms with van der Waals surface area (Å²) in [5, 5.41) is 11.3. The second-order valence-electron chi connectivity index (χ2n) is 11.3. The first-order chi connectivity index (χ1) is 19.3. The fraction of sp³-hybridized carbons (Fsp3) is 0.533. The number of aromatic amines is 1. The molecule has 214 valence electrons. The zero-order chi connectivity index (χ0) is 28.1. The number of H-pyrrole nitrogens is 1. The van der Waals surface area contributed by atoms with Crippen LogP contribution < -0.4 is 10.2 Å². The summed E-state index contributed by atoms with van der Waals surface area (Å²) in [5.74, 6) is 1.32. The van der Waals surface area contributed by atoms with Crippen molar-refractivity contribution < 1.29 is 4.79 Å². The smallest absolute Gasteiger partial charge is 0.227 e. The predicted molar refractivity (Wildman–Crippen MR) is 161 cm³/mol. The summed E-state index contributed by atoms with van der Waals surface area (Å²) >= 11 is 1.56. The number of carbonyl (C=O) groups is 1. The van der Waals surface area contributed by atoms with Gasteiger partial charge in [-0.2, -0.15) is 5.10 Å². The van der Waals surface area contributed by atoms with E-state index < -0.39 is 0 Å². The Hall–Kier alpha value is -2.95. The summed E-state index contributed by atoms with van der Waals surface area (Å²) in [7, 11) is 4.25. The maximum absolute atomic E-state index is 12.5. The van der Waals surface area contributed by atoms with Crippen molar-refractivity contribution in [1.82, 2.24) is 30.0 Å². The third-order valence-electron chi connectivity index (χ3n) is 7.90. The van der Waals surface area contributed by atoms with Crippen LogP contribution in [0.15, 0.2) is 40.4 Å². The Morgan fingerprint density at radius 3 is 2.45 bits per heavy atom. The fourth-order valence-corrected chi connectivity index (χ4v) is 6.23. The molecule has 1 amide bonds. The zero-order valence-electron chi connectivity index (χ0n) is 24.2. The third-order valence-corrected chi connectivity index (χ3v) is 8.77. The van der Waals surface area contributed by atoms with E-state index in [0.29, 0.717) is 6.42 Å². The predicted octanol–water partition coefficient (Wildman–Crippen LogP) is 4.37. The Bertz CT molecular complexity index is 1280. The lowest BCUT2D eigenvalue weighted by Gasteiger charge is -2.36. The molecule has 0 spiro atoms. The van der Waals surface area contributed by atoms with Gasteiger partial charge in [0.2, 0.25) is 5.91 Å². The summed E-state index contributed by atoms with van der Waals surface area (Å²) < 4.78 is 0. The van der Waals surface area contributed by atoms with E-state index in [1.54, 1.807) is 11.8 Å². The molecule has 0 bridgehead atoms. The van der Waals surface area contributed by atoms with Crippen LogP contribution in [0.2, 0.25) is 0 Å². The number of carbonyl (C=O) groups excluding carboxylic acids is 1. The molecule has 10 heteroatoms. The van der Waals surface area contributed by atoms with Crippen molar-refractivity contribution in [2.24, 2.45) is 5.92 Å². The van der Waals surface area contributed by atoms with Crippen molar-refractivity contribution in [2.45, 2.75) is 56.0 Å². The lowest BCUT2D eigenvalue weighted by Crippen LogP contribution is -2.48. The lowest BCUT2D eigenvalue weighted by molar-refractivity contribution is -0.119. The van der Waals surface area contributed by atoms with Crippen LogP contribution >= 0.6 is 11.8 Å². The van der Waals surface area contributed by atoms with Crippen molar-refractivity contribution in [1.29, 1.82) is 0 Å². The monoisotopic (exact) mass is 562 g/mol. The van der Waals surface area contributed by atoms with Gasteiger partial charge in [0.15, 0.2) is 5.16 Å². The first-order valence-corrected chi connectivity index (χ1v) is 15.2. The highest BCUT2D eigenvalue weighted by Crippen LogP contribution is 2.32. The van der Waals surface area contributed by atoms with E-state index in [-0.39, 0.29) is 11.8 Å². The van der Waals surface area contributed by atoms with E-state index in [4.69, 9.17) is 9.97 Å². The number of likely N-dealkylation sites (N-methyl/N-ethyl adjacent to an activating group) is 1. The number of benzene rings is 1. The highest BCUT2D eigenvalue weighted by molar-refractivity contribution is 7.99. The second kappa shape index (κ2) is 13.1.